The van der Waals surface area contributed by atoms with Gasteiger partial charge < -0.3 is 14.6 Å². The molecule has 1 unspecified atom stereocenters. The molecule has 0 spiro atoms. The molecule has 1 N–H and O–H groups in total. The molecule has 0 aliphatic rings. The van der Waals surface area contributed by atoms with Gasteiger partial charge in [0.25, 0.3) is 0 Å². The third kappa shape index (κ3) is 3.43. The van der Waals surface area contributed by atoms with Crippen LogP contribution < -0.4 is 4.74 Å². The minimum atomic E-state index is -0.990. The first-order valence-electron chi connectivity index (χ1n) is 5.96. The van der Waals surface area contributed by atoms with Crippen molar-refractivity contribution in [1.29, 1.82) is 0 Å². The average molecular weight is 256 g/mol. The first kappa shape index (κ1) is 14.9. The van der Waals surface area contributed by atoms with Gasteiger partial charge in [-0.1, -0.05) is 19.9 Å². The van der Waals surface area contributed by atoms with Gasteiger partial charge in [0.2, 0.25) is 0 Å². The Kier molecular flexibility index (Phi) is 5.11. The highest BCUT2D eigenvalue weighted by atomic mass is 19.1. The summed E-state index contributed by atoms with van der Waals surface area (Å²) in [5, 5.41) is 10.5. The molecule has 0 radical (unpaired) electrons. The Labute approximate surface area is 108 Å². The zero-order chi connectivity index (χ0) is 13.8. The van der Waals surface area contributed by atoms with Crippen LogP contribution in [-0.2, 0) is 11.2 Å². The number of hydrogen-bond acceptors (Lipinski definition) is 3. The summed E-state index contributed by atoms with van der Waals surface area (Å²) in [5.74, 6) is -0.195. The molecule has 18 heavy (non-hydrogen) atoms. The second-order valence-electron chi connectivity index (χ2n) is 4.84. The van der Waals surface area contributed by atoms with Crippen LogP contribution in [0.3, 0.4) is 0 Å². The molecule has 0 fully saturated rings. The summed E-state index contributed by atoms with van der Waals surface area (Å²) in [4.78, 5) is 0. The van der Waals surface area contributed by atoms with E-state index in [0.29, 0.717) is 6.42 Å². The van der Waals surface area contributed by atoms with Gasteiger partial charge in [0.05, 0.1) is 19.3 Å². The van der Waals surface area contributed by atoms with Gasteiger partial charge in [0.1, 0.15) is 0 Å². The van der Waals surface area contributed by atoms with Crippen LogP contribution in [0.5, 0.6) is 5.75 Å². The number of hydrogen-bond donors (Lipinski definition) is 1. The van der Waals surface area contributed by atoms with Crippen molar-refractivity contribution in [3.63, 3.8) is 0 Å². The number of methoxy groups -OCH3 is 2. The molecule has 1 rings (SSSR count). The maximum absolute atomic E-state index is 13.6. The van der Waals surface area contributed by atoms with Gasteiger partial charge in [-0.05, 0) is 23.6 Å². The van der Waals surface area contributed by atoms with E-state index in [4.69, 9.17) is 9.47 Å². The molecule has 0 aliphatic heterocycles. The van der Waals surface area contributed by atoms with Gasteiger partial charge in [-0.2, -0.15) is 0 Å². The van der Waals surface area contributed by atoms with Gasteiger partial charge >= 0.3 is 0 Å². The number of ether oxygens (including phenoxy) is 2. The van der Waals surface area contributed by atoms with E-state index in [1.165, 1.54) is 13.2 Å². The minimum absolute atomic E-state index is 0.0163. The van der Waals surface area contributed by atoms with E-state index < -0.39 is 11.4 Å². The lowest BCUT2D eigenvalue weighted by Gasteiger charge is -2.31. The maximum Gasteiger partial charge on any atom is 0.165 e. The van der Waals surface area contributed by atoms with Crippen molar-refractivity contribution in [2.75, 3.05) is 20.8 Å². The zero-order valence-electron chi connectivity index (χ0n) is 11.4. The van der Waals surface area contributed by atoms with Crippen LogP contribution >= 0.6 is 0 Å². The Balaban J connectivity index is 2.91. The van der Waals surface area contributed by atoms with Crippen molar-refractivity contribution >= 4 is 0 Å². The molecule has 3 nitrogen and oxygen atoms in total. The standard InChI is InChI=1S/C14H21FO3/c1-10(2)14(16,9-17-3)8-11-5-6-13(18-4)12(15)7-11/h5-7,10,16H,8-9H2,1-4H3. The molecule has 102 valence electrons. The van der Waals surface area contributed by atoms with Crippen molar-refractivity contribution in [3.8, 4) is 5.75 Å². The SMILES string of the molecule is COCC(O)(Cc1ccc(OC)c(F)c1)C(C)C. The van der Waals surface area contributed by atoms with Gasteiger partial charge in [-0.25, -0.2) is 4.39 Å². The summed E-state index contributed by atoms with van der Waals surface area (Å²) in [6, 6.07) is 4.71. The molecule has 0 saturated carbocycles. The van der Waals surface area contributed by atoms with Crippen molar-refractivity contribution in [2.45, 2.75) is 25.9 Å². The summed E-state index contributed by atoms with van der Waals surface area (Å²) in [6.07, 6.45) is 0.347. The van der Waals surface area contributed by atoms with Crippen LogP contribution in [0.4, 0.5) is 4.39 Å². The number of halogens is 1. The topological polar surface area (TPSA) is 38.7 Å². The Hall–Kier alpha value is -1.13. The van der Waals surface area contributed by atoms with E-state index in [0.717, 1.165) is 5.56 Å². The van der Waals surface area contributed by atoms with Crippen molar-refractivity contribution < 1.29 is 19.0 Å². The lowest BCUT2D eigenvalue weighted by molar-refractivity contribution is -0.0637. The molecule has 0 aliphatic carbocycles. The van der Waals surface area contributed by atoms with Gasteiger partial charge in [0, 0.05) is 13.5 Å². The lowest BCUT2D eigenvalue weighted by Crippen LogP contribution is -2.42. The van der Waals surface area contributed by atoms with Gasteiger partial charge in [-0.3, -0.25) is 0 Å². The summed E-state index contributed by atoms with van der Waals surface area (Å²) < 4.78 is 23.5. The predicted octanol–water partition coefficient (Wildman–Crippen LogP) is 2.41. The normalized spacial score (nSPS) is 14.6. The highest BCUT2D eigenvalue weighted by Gasteiger charge is 2.31. The highest BCUT2D eigenvalue weighted by Crippen LogP contribution is 2.25. The molecule has 0 aromatic heterocycles. The van der Waals surface area contributed by atoms with E-state index >= 15 is 0 Å². The average Bonchev–Trinajstić information content (AvgIpc) is 2.29. The largest absolute Gasteiger partial charge is 0.494 e. The van der Waals surface area contributed by atoms with Crippen LogP contribution in [-0.4, -0.2) is 31.5 Å². The third-order valence-corrected chi connectivity index (χ3v) is 3.20. The minimum Gasteiger partial charge on any atom is -0.494 e. The monoisotopic (exact) mass is 256 g/mol. The van der Waals surface area contributed by atoms with Crippen LogP contribution in [0.25, 0.3) is 0 Å². The second kappa shape index (κ2) is 6.16. The first-order chi connectivity index (χ1) is 8.42. The second-order valence-corrected chi connectivity index (χ2v) is 4.84. The van der Waals surface area contributed by atoms with E-state index in [-0.39, 0.29) is 18.3 Å². The third-order valence-electron chi connectivity index (χ3n) is 3.20. The summed E-state index contributed by atoms with van der Waals surface area (Å²) in [5.41, 5.74) is -0.267. The fourth-order valence-electron chi connectivity index (χ4n) is 1.85. The van der Waals surface area contributed by atoms with Crippen LogP contribution in [0, 0.1) is 11.7 Å². The number of benzene rings is 1. The highest BCUT2D eigenvalue weighted by molar-refractivity contribution is 5.30. The smallest absolute Gasteiger partial charge is 0.165 e. The van der Waals surface area contributed by atoms with Crippen LogP contribution in [0.1, 0.15) is 19.4 Å². The fourth-order valence-corrected chi connectivity index (χ4v) is 1.85. The molecule has 1 aromatic rings. The van der Waals surface area contributed by atoms with E-state index in [1.54, 1.807) is 19.2 Å². The molecule has 4 heteroatoms. The number of aliphatic hydroxyl groups is 1. The summed E-state index contributed by atoms with van der Waals surface area (Å²) in [7, 11) is 2.97. The Morgan fingerprint density at radius 1 is 1.33 bits per heavy atom. The molecule has 1 aromatic carbocycles. The van der Waals surface area contributed by atoms with Gasteiger partial charge in [-0.15, -0.1) is 0 Å². The van der Waals surface area contributed by atoms with Crippen LogP contribution in [0.15, 0.2) is 18.2 Å². The Morgan fingerprint density at radius 2 is 2.00 bits per heavy atom. The van der Waals surface area contributed by atoms with Crippen molar-refractivity contribution in [2.24, 2.45) is 5.92 Å². The Bertz CT molecular complexity index is 393. The molecular weight excluding hydrogens is 235 g/mol. The lowest BCUT2D eigenvalue weighted by atomic mass is 9.85. The molecule has 0 amide bonds. The Morgan fingerprint density at radius 3 is 2.44 bits per heavy atom. The fraction of sp³-hybridized carbons (Fsp3) is 0.571. The van der Waals surface area contributed by atoms with Crippen LogP contribution in [0.2, 0.25) is 0 Å². The van der Waals surface area contributed by atoms with Crippen molar-refractivity contribution in [1.82, 2.24) is 0 Å². The van der Waals surface area contributed by atoms with E-state index in [1.807, 2.05) is 13.8 Å². The molecule has 0 saturated heterocycles. The first-order valence-corrected chi connectivity index (χ1v) is 5.96. The number of rotatable bonds is 6. The van der Waals surface area contributed by atoms with Gasteiger partial charge in [0.15, 0.2) is 11.6 Å². The summed E-state index contributed by atoms with van der Waals surface area (Å²) in [6.45, 7) is 4.05. The quantitative estimate of drug-likeness (QED) is 0.849. The maximum atomic E-state index is 13.6. The van der Waals surface area contributed by atoms with E-state index in [9.17, 15) is 9.50 Å². The zero-order valence-corrected chi connectivity index (χ0v) is 11.4. The molecular formula is C14H21FO3. The molecule has 1 atom stereocenters. The predicted molar refractivity (Wildman–Crippen MR) is 68.3 cm³/mol. The van der Waals surface area contributed by atoms with Crippen molar-refractivity contribution in [3.05, 3.63) is 29.6 Å². The van der Waals surface area contributed by atoms with E-state index in [2.05, 4.69) is 0 Å². The molecule has 0 heterocycles. The molecule has 0 bridgehead atoms. The summed E-state index contributed by atoms with van der Waals surface area (Å²) >= 11 is 0.